The maximum atomic E-state index is 8.88. The number of hydrogen-bond donors (Lipinski definition) is 8. The molecular formula is C6H12O10P2. The normalized spacial score (nSPS) is 10.6. The Kier molecular flexibility index (Phi) is 8.83. The molecule has 0 aliphatic rings. The van der Waals surface area contributed by atoms with Gasteiger partial charge in [0.2, 0.25) is 0 Å². The van der Waals surface area contributed by atoms with Crippen molar-refractivity contribution in [2.45, 2.75) is 0 Å². The second kappa shape index (κ2) is 8.20. The monoisotopic (exact) mass is 306 g/mol. The minimum atomic E-state index is -4.64. The molecule has 0 aliphatic heterocycles. The van der Waals surface area contributed by atoms with Crippen molar-refractivity contribution in [1.82, 2.24) is 0 Å². The van der Waals surface area contributed by atoms with Crippen molar-refractivity contribution in [2.24, 2.45) is 0 Å². The van der Waals surface area contributed by atoms with Gasteiger partial charge in [0, 0.05) is 6.07 Å². The highest BCUT2D eigenvalue weighted by Gasteiger charge is 2.00. The zero-order valence-corrected chi connectivity index (χ0v) is 10.4. The highest BCUT2D eigenvalue weighted by Crippen LogP contribution is 2.26. The van der Waals surface area contributed by atoms with E-state index in [4.69, 9.17) is 48.7 Å². The summed E-state index contributed by atoms with van der Waals surface area (Å²) in [6, 6.07) is 5.85. The lowest BCUT2D eigenvalue weighted by Gasteiger charge is -1.89. The van der Waals surface area contributed by atoms with Gasteiger partial charge in [0.25, 0.3) is 0 Å². The number of rotatable bonds is 0. The van der Waals surface area contributed by atoms with Crippen molar-refractivity contribution in [3.05, 3.63) is 24.3 Å². The van der Waals surface area contributed by atoms with E-state index in [1.165, 1.54) is 18.2 Å². The lowest BCUT2D eigenvalue weighted by molar-refractivity contribution is 0.272. The number of phenolic OH excluding ortho intramolecular Hbond substituents is 2. The molecule has 0 amide bonds. The van der Waals surface area contributed by atoms with Crippen LogP contribution in [0.15, 0.2) is 24.3 Å². The third kappa shape index (κ3) is 36.3. The van der Waals surface area contributed by atoms with Gasteiger partial charge in [-0.2, -0.15) is 0 Å². The van der Waals surface area contributed by atoms with Gasteiger partial charge >= 0.3 is 15.6 Å². The first kappa shape index (κ1) is 19.4. The second-order valence-electron chi connectivity index (χ2n) is 2.55. The Labute approximate surface area is 101 Å². The van der Waals surface area contributed by atoms with Gasteiger partial charge in [0.1, 0.15) is 11.5 Å². The molecule has 10 nitrogen and oxygen atoms in total. The van der Waals surface area contributed by atoms with E-state index in [9.17, 15) is 0 Å². The van der Waals surface area contributed by atoms with Crippen LogP contribution in [0.4, 0.5) is 0 Å². The summed E-state index contributed by atoms with van der Waals surface area (Å²) in [6.07, 6.45) is 0. The van der Waals surface area contributed by atoms with Crippen LogP contribution in [-0.4, -0.2) is 39.6 Å². The van der Waals surface area contributed by atoms with Crippen LogP contribution in [0.2, 0.25) is 0 Å². The summed E-state index contributed by atoms with van der Waals surface area (Å²) in [5.74, 6) is 0.176. The molecule has 0 aliphatic carbocycles. The molecule has 0 aromatic heterocycles. The second-order valence-corrected chi connectivity index (χ2v) is 4.60. The predicted octanol–water partition coefficient (Wildman–Crippen LogP) is -0.759. The zero-order chi connectivity index (χ0) is 15.0. The molecule has 1 rings (SSSR count). The van der Waals surface area contributed by atoms with Crippen molar-refractivity contribution in [3.63, 3.8) is 0 Å². The summed E-state index contributed by atoms with van der Waals surface area (Å²) in [6.45, 7) is 0. The first-order valence-corrected chi connectivity index (χ1v) is 6.96. The summed E-state index contributed by atoms with van der Waals surface area (Å²) >= 11 is 0. The minimum absolute atomic E-state index is 0.0880. The number of phenols is 2. The van der Waals surface area contributed by atoms with Gasteiger partial charge in [0.05, 0.1) is 0 Å². The standard InChI is InChI=1S/C6H6O2.2H3O4P/c7-5-2-1-3-6(8)4-5;2*1-5(2,3)4/h1-4,7-8H;2*(H3,1,2,3,4). The van der Waals surface area contributed by atoms with E-state index < -0.39 is 15.6 Å². The van der Waals surface area contributed by atoms with Crippen LogP contribution < -0.4 is 0 Å². The summed E-state index contributed by atoms with van der Waals surface area (Å²) < 4.78 is 17.8. The largest absolute Gasteiger partial charge is 0.508 e. The van der Waals surface area contributed by atoms with Gasteiger partial charge in [-0.1, -0.05) is 6.07 Å². The van der Waals surface area contributed by atoms with Crippen LogP contribution in [-0.2, 0) is 9.13 Å². The molecule has 0 spiro atoms. The fourth-order valence-electron chi connectivity index (χ4n) is 0.493. The fourth-order valence-corrected chi connectivity index (χ4v) is 0.493. The molecule has 8 N–H and O–H groups in total. The van der Waals surface area contributed by atoms with Crippen molar-refractivity contribution in [2.75, 3.05) is 0 Å². The van der Waals surface area contributed by atoms with Crippen LogP contribution in [0.5, 0.6) is 11.5 Å². The van der Waals surface area contributed by atoms with Gasteiger partial charge in [-0.3, -0.25) is 0 Å². The van der Waals surface area contributed by atoms with Gasteiger partial charge in [-0.25, -0.2) is 9.13 Å². The van der Waals surface area contributed by atoms with Gasteiger partial charge in [0.15, 0.2) is 0 Å². The molecule has 0 fully saturated rings. The number of phosphoric acid groups is 2. The van der Waals surface area contributed by atoms with E-state index in [0.717, 1.165) is 0 Å². The molecule has 0 atom stereocenters. The van der Waals surface area contributed by atoms with Gasteiger partial charge < -0.3 is 39.6 Å². The average molecular weight is 306 g/mol. The first-order chi connectivity index (χ1) is 7.79. The Morgan fingerprint density at radius 2 is 0.944 bits per heavy atom. The quantitative estimate of drug-likeness (QED) is 0.282. The van der Waals surface area contributed by atoms with E-state index in [-0.39, 0.29) is 11.5 Å². The van der Waals surface area contributed by atoms with E-state index >= 15 is 0 Å². The molecule has 1 aromatic carbocycles. The van der Waals surface area contributed by atoms with E-state index in [0.29, 0.717) is 0 Å². The van der Waals surface area contributed by atoms with E-state index in [1.54, 1.807) is 6.07 Å². The highest BCUT2D eigenvalue weighted by atomic mass is 31.2. The third-order valence-corrected chi connectivity index (χ3v) is 0.830. The SMILES string of the molecule is O=P(O)(O)O.O=P(O)(O)O.Oc1cccc(O)c1. The average Bonchev–Trinajstić information content (AvgIpc) is 1.95. The molecule has 18 heavy (non-hydrogen) atoms. The molecule has 0 radical (unpaired) electrons. The predicted molar refractivity (Wildman–Crippen MR) is 58.3 cm³/mol. The molecule has 12 heteroatoms. The topological polar surface area (TPSA) is 196 Å². The Bertz CT molecular complexity index is 380. The van der Waals surface area contributed by atoms with Crippen molar-refractivity contribution < 1.29 is 48.7 Å². The minimum Gasteiger partial charge on any atom is -0.508 e. The van der Waals surface area contributed by atoms with E-state index in [1.807, 2.05) is 0 Å². The Hall–Kier alpha value is -0.960. The van der Waals surface area contributed by atoms with Crippen molar-refractivity contribution in [1.29, 1.82) is 0 Å². The maximum absolute atomic E-state index is 8.88. The van der Waals surface area contributed by atoms with Gasteiger partial charge in [-0.15, -0.1) is 0 Å². The Morgan fingerprint density at radius 3 is 1.06 bits per heavy atom. The summed E-state index contributed by atoms with van der Waals surface area (Å²) in [5, 5.41) is 17.3. The lowest BCUT2D eigenvalue weighted by atomic mass is 10.3. The summed E-state index contributed by atoms with van der Waals surface area (Å²) in [7, 11) is -9.28. The van der Waals surface area contributed by atoms with Gasteiger partial charge in [-0.05, 0) is 12.1 Å². The lowest BCUT2D eigenvalue weighted by Crippen LogP contribution is -1.66. The zero-order valence-electron chi connectivity index (χ0n) is 8.60. The molecular weight excluding hydrogens is 294 g/mol. The highest BCUT2D eigenvalue weighted by molar-refractivity contribution is 7.45. The summed E-state index contributed by atoms with van der Waals surface area (Å²) in [5.41, 5.74) is 0. The molecule has 0 heterocycles. The first-order valence-electron chi connectivity index (χ1n) is 3.83. The van der Waals surface area contributed by atoms with Crippen LogP contribution in [0.25, 0.3) is 0 Å². The fraction of sp³-hybridized carbons (Fsp3) is 0. The molecule has 0 unspecified atom stereocenters. The van der Waals surface area contributed by atoms with Crippen molar-refractivity contribution in [3.8, 4) is 11.5 Å². The Balaban J connectivity index is 0. The van der Waals surface area contributed by atoms with Crippen LogP contribution >= 0.6 is 15.6 Å². The van der Waals surface area contributed by atoms with Crippen LogP contribution in [0.1, 0.15) is 0 Å². The molecule has 0 saturated heterocycles. The molecule has 1 aromatic rings. The van der Waals surface area contributed by atoms with E-state index in [2.05, 4.69) is 0 Å². The van der Waals surface area contributed by atoms with Crippen molar-refractivity contribution >= 4 is 15.6 Å². The Morgan fingerprint density at radius 1 is 0.722 bits per heavy atom. The number of benzene rings is 1. The number of aromatic hydroxyl groups is 2. The molecule has 106 valence electrons. The number of hydrogen-bond acceptors (Lipinski definition) is 4. The summed E-state index contributed by atoms with van der Waals surface area (Å²) in [4.78, 5) is 43.1. The van der Waals surface area contributed by atoms with Crippen LogP contribution in [0, 0.1) is 0 Å². The maximum Gasteiger partial charge on any atom is 0.466 e. The smallest absolute Gasteiger partial charge is 0.466 e. The van der Waals surface area contributed by atoms with Crippen LogP contribution in [0.3, 0.4) is 0 Å². The molecule has 0 saturated carbocycles. The third-order valence-electron chi connectivity index (χ3n) is 0.830. The molecule has 0 bridgehead atoms.